The SMILES string of the molecule is Cc1c(=O)n(C)c(NC2CCCCCCC2)c2c(=O)n(C3CCCCCCC3)c(=O)n(C3CCCCC([B]C4CCCC4)CC3)c12. The predicted molar refractivity (Wildman–Crippen MR) is 192 cm³/mol. The van der Waals surface area contributed by atoms with E-state index in [1.54, 1.807) is 9.13 Å². The molecule has 0 spiro atoms. The topological polar surface area (TPSA) is 78.0 Å². The van der Waals surface area contributed by atoms with Crippen LogP contribution in [0.4, 0.5) is 5.82 Å². The number of rotatable bonds is 6. The van der Waals surface area contributed by atoms with Gasteiger partial charge in [-0.15, -0.1) is 0 Å². The van der Waals surface area contributed by atoms with E-state index in [9.17, 15) is 14.4 Å². The lowest BCUT2D eigenvalue weighted by Gasteiger charge is -2.31. The maximum Gasteiger partial charge on any atom is 0.332 e. The number of pyridine rings is 1. The Labute approximate surface area is 277 Å². The van der Waals surface area contributed by atoms with Crippen molar-refractivity contribution < 1.29 is 0 Å². The van der Waals surface area contributed by atoms with E-state index in [1.165, 1.54) is 64.2 Å². The van der Waals surface area contributed by atoms with Crippen LogP contribution in [0.15, 0.2) is 14.4 Å². The Morgan fingerprint density at radius 3 is 1.65 bits per heavy atom. The van der Waals surface area contributed by atoms with Crippen LogP contribution in [0.1, 0.15) is 172 Å². The summed E-state index contributed by atoms with van der Waals surface area (Å²) in [6.07, 6.45) is 27.4. The number of nitrogens with zero attached hydrogens (tertiary/aromatic N) is 3. The minimum Gasteiger partial charge on any atom is -0.368 e. The highest BCUT2D eigenvalue weighted by atomic mass is 16.2. The summed E-state index contributed by atoms with van der Waals surface area (Å²) in [6, 6.07) is 0.134. The molecule has 4 aliphatic rings. The number of anilines is 1. The van der Waals surface area contributed by atoms with Crippen molar-refractivity contribution >= 4 is 24.0 Å². The van der Waals surface area contributed by atoms with E-state index in [1.807, 2.05) is 18.5 Å². The molecule has 1 N–H and O–H groups in total. The fraction of sp³-hybridized carbons (Fsp3) is 0.816. The molecular weight excluding hydrogens is 571 g/mol. The third-order valence-electron chi connectivity index (χ3n) is 12.3. The smallest absolute Gasteiger partial charge is 0.332 e. The molecule has 1 radical (unpaired) electrons. The van der Waals surface area contributed by atoms with E-state index in [-0.39, 0.29) is 34.9 Å². The van der Waals surface area contributed by atoms with Crippen molar-refractivity contribution in [1.82, 2.24) is 13.7 Å². The monoisotopic (exact) mass is 631 g/mol. The highest BCUT2D eigenvalue weighted by Crippen LogP contribution is 2.39. The fourth-order valence-corrected chi connectivity index (χ4v) is 9.63. The molecule has 2 heterocycles. The lowest BCUT2D eigenvalue weighted by molar-refractivity contribution is 0.324. The van der Waals surface area contributed by atoms with Gasteiger partial charge in [-0.05, 0) is 45.4 Å². The van der Waals surface area contributed by atoms with Gasteiger partial charge in [0.05, 0.1) is 5.52 Å². The summed E-state index contributed by atoms with van der Waals surface area (Å²) in [5, 5.41) is 4.34. The molecule has 253 valence electrons. The second kappa shape index (κ2) is 15.8. The molecule has 2 unspecified atom stereocenters. The Morgan fingerprint density at radius 1 is 0.565 bits per heavy atom. The minimum atomic E-state index is -0.188. The first-order chi connectivity index (χ1) is 22.4. The molecule has 0 aliphatic heterocycles. The zero-order chi connectivity index (χ0) is 32.0. The summed E-state index contributed by atoms with van der Waals surface area (Å²) in [4.78, 5) is 43.7. The summed E-state index contributed by atoms with van der Waals surface area (Å²) < 4.78 is 5.33. The van der Waals surface area contributed by atoms with E-state index < -0.39 is 0 Å². The van der Waals surface area contributed by atoms with Gasteiger partial charge < -0.3 is 5.32 Å². The molecule has 0 amide bonds. The third-order valence-corrected chi connectivity index (χ3v) is 12.3. The van der Waals surface area contributed by atoms with E-state index in [2.05, 4.69) is 12.6 Å². The van der Waals surface area contributed by atoms with Crippen LogP contribution in [-0.4, -0.2) is 27.0 Å². The van der Waals surface area contributed by atoms with Gasteiger partial charge in [-0.1, -0.05) is 127 Å². The van der Waals surface area contributed by atoms with Gasteiger partial charge in [0.15, 0.2) is 0 Å². The molecule has 2 atom stereocenters. The van der Waals surface area contributed by atoms with Crippen LogP contribution < -0.4 is 22.1 Å². The normalized spacial score (nSPS) is 25.3. The molecule has 8 heteroatoms. The summed E-state index contributed by atoms with van der Waals surface area (Å²) in [7, 11) is 4.47. The predicted octanol–water partition coefficient (Wildman–Crippen LogP) is 8.73. The average molecular weight is 632 g/mol. The van der Waals surface area contributed by atoms with Gasteiger partial charge in [0.25, 0.3) is 11.1 Å². The zero-order valence-electron chi connectivity index (χ0n) is 29.0. The highest BCUT2D eigenvalue weighted by molar-refractivity contribution is 6.39. The minimum absolute atomic E-state index is 0.00441. The number of hydrogen-bond acceptors (Lipinski definition) is 4. The van der Waals surface area contributed by atoms with Crippen LogP contribution in [0, 0.1) is 6.92 Å². The first-order valence-electron chi connectivity index (χ1n) is 19.5. The van der Waals surface area contributed by atoms with Crippen LogP contribution in [0.2, 0.25) is 11.6 Å². The Morgan fingerprint density at radius 2 is 1.04 bits per heavy atom. The molecule has 0 bridgehead atoms. The molecule has 46 heavy (non-hydrogen) atoms. The maximum absolute atomic E-state index is 14.9. The molecule has 2 aromatic heterocycles. The number of fused-ring (bicyclic) bond motifs is 1. The van der Waals surface area contributed by atoms with Gasteiger partial charge in [0.2, 0.25) is 0 Å². The number of hydrogen-bond donors (Lipinski definition) is 1. The fourth-order valence-electron chi connectivity index (χ4n) is 9.63. The molecule has 4 saturated carbocycles. The van der Waals surface area contributed by atoms with Gasteiger partial charge in [-0.2, -0.15) is 0 Å². The van der Waals surface area contributed by atoms with Crippen molar-refractivity contribution in [3.05, 3.63) is 36.8 Å². The van der Waals surface area contributed by atoms with Crippen molar-refractivity contribution in [2.24, 2.45) is 7.05 Å². The Bertz CT molecular complexity index is 1490. The molecule has 4 fully saturated rings. The first kappa shape index (κ1) is 33.6. The van der Waals surface area contributed by atoms with Gasteiger partial charge in [-0.3, -0.25) is 23.3 Å². The maximum atomic E-state index is 14.9. The second-order valence-corrected chi connectivity index (χ2v) is 15.6. The van der Waals surface area contributed by atoms with Crippen molar-refractivity contribution in [3.8, 4) is 0 Å². The number of nitrogens with one attached hydrogen (secondary N) is 1. The second-order valence-electron chi connectivity index (χ2n) is 15.6. The summed E-state index contributed by atoms with van der Waals surface area (Å²) >= 11 is 0. The Balaban J connectivity index is 1.49. The van der Waals surface area contributed by atoms with Crippen molar-refractivity contribution in [2.75, 3.05) is 5.32 Å². The highest BCUT2D eigenvalue weighted by Gasteiger charge is 2.31. The van der Waals surface area contributed by atoms with Crippen LogP contribution >= 0.6 is 0 Å². The molecule has 7 nitrogen and oxygen atoms in total. The quantitative estimate of drug-likeness (QED) is 0.324. The van der Waals surface area contributed by atoms with E-state index in [0.717, 1.165) is 95.7 Å². The molecule has 6 rings (SSSR count). The Kier molecular flexibility index (Phi) is 11.5. The molecular formula is C38H60BN4O3. The van der Waals surface area contributed by atoms with Crippen molar-refractivity contribution in [2.45, 2.75) is 191 Å². The summed E-state index contributed by atoms with van der Waals surface area (Å²) in [6.45, 7) is 1.85. The summed E-state index contributed by atoms with van der Waals surface area (Å²) in [5.74, 6) is 1.97. The van der Waals surface area contributed by atoms with Crippen molar-refractivity contribution in [1.29, 1.82) is 0 Å². The molecule has 2 aromatic rings. The molecule has 0 saturated heterocycles. The number of aromatic nitrogens is 3. The van der Waals surface area contributed by atoms with E-state index >= 15 is 0 Å². The standard InChI is InChI=1S/C38H60BN4O3/c1-27-34-33(35(41(2)36(27)44)40-30-20-9-5-3-6-10-21-30)37(45)43(31-22-11-7-4-8-12-23-31)38(46)42(34)32-24-16-15-19-29(25-26-32)39-28-17-13-14-18-28/h28-32,40H,3-26H2,1-2H3. The van der Waals surface area contributed by atoms with E-state index in [0.29, 0.717) is 28.1 Å². The van der Waals surface area contributed by atoms with Crippen LogP contribution in [0.5, 0.6) is 0 Å². The third kappa shape index (κ3) is 7.41. The van der Waals surface area contributed by atoms with Crippen LogP contribution in [0.25, 0.3) is 10.9 Å². The first-order valence-corrected chi connectivity index (χ1v) is 19.5. The van der Waals surface area contributed by atoms with Crippen molar-refractivity contribution in [3.63, 3.8) is 0 Å². The largest absolute Gasteiger partial charge is 0.368 e. The van der Waals surface area contributed by atoms with E-state index in [4.69, 9.17) is 0 Å². The summed E-state index contributed by atoms with van der Waals surface area (Å²) in [5.41, 5.74) is 0.687. The number of aryl methyl sites for hydroxylation is 1. The lowest BCUT2D eigenvalue weighted by atomic mass is 9.51. The lowest BCUT2D eigenvalue weighted by Crippen LogP contribution is -2.45. The zero-order valence-corrected chi connectivity index (χ0v) is 29.0. The average Bonchev–Trinajstić information content (AvgIpc) is 3.51. The van der Waals surface area contributed by atoms with Crippen LogP contribution in [-0.2, 0) is 7.05 Å². The van der Waals surface area contributed by atoms with Crippen LogP contribution in [0.3, 0.4) is 0 Å². The molecule has 4 aliphatic carbocycles. The van der Waals surface area contributed by atoms with Gasteiger partial charge in [0, 0.05) is 30.7 Å². The Hall–Kier alpha value is -2.25. The molecule has 0 aromatic carbocycles. The van der Waals surface area contributed by atoms with Gasteiger partial charge >= 0.3 is 5.69 Å². The van der Waals surface area contributed by atoms with Gasteiger partial charge in [0.1, 0.15) is 18.5 Å². The van der Waals surface area contributed by atoms with Gasteiger partial charge in [-0.25, -0.2) is 4.79 Å².